The second-order valence-corrected chi connectivity index (χ2v) is 10.6. The maximum Gasteiger partial charge on any atom is 0.232 e. The zero-order valence-corrected chi connectivity index (χ0v) is 22.8. The number of para-hydroxylation sites is 1. The number of benzene rings is 2. The van der Waals surface area contributed by atoms with Crippen LogP contribution in [0.4, 0.5) is 23.3 Å². The van der Waals surface area contributed by atoms with Gasteiger partial charge >= 0.3 is 0 Å². The number of aromatic nitrogens is 2. The summed E-state index contributed by atoms with van der Waals surface area (Å²) in [6.07, 6.45) is 2.44. The molecule has 2 aliphatic rings. The van der Waals surface area contributed by atoms with Crippen LogP contribution >= 0.6 is 23.8 Å². The lowest BCUT2D eigenvalue weighted by Crippen LogP contribution is -2.47. The summed E-state index contributed by atoms with van der Waals surface area (Å²) in [5, 5.41) is 7.66. The molecular formula is C28H34ClN7S. The Labute approximate surface area is 229 Å². The van der Waals surface area contributed by atoms with Crippen LogP contribution < -0.4 is 25.3 Å². The van der Waals surface area contributed by atoms with Gasteiger partial charge in [-0.05, 0) is 54.7 Å². The molecule has 2 fully saturated rings. The van der Waals surface area contributed by atoms with Crippen LogP contribution in [0.5, 0.6) is 0 Å². The van der Waals surface area contributed by atoms with Crippen molar-refractivity contribution in [3.05, 3.63) is 71.2 Å². The first kappa shape index (κ1) is 25.5. The van der Waals surface area contributed by atoms with Crippen molar-refractivity contribution < 1.29 is 0 Å². The van der Waals surface area contributed by atoms with Crippen molar-refractivity contribution in [3.8, 4) is 0 Å². The summed E-state index contributed by atoms with van der Waals surface area (Å²) >= 11 is 11.9. The molecule has 5 rings (SSSR count). The molecule has 7 nitrogen and oxygen atoms in total. The van der Waals surface area contributed by atoms with E-state index in [1.165, 1.54) is 18.5 Å². The van der Waals surface area contributed by atoms with E-state index in [2.05, 4.69) is 68.7 Å². The summed E-state index contributed by atoms with van der Waals surface area (Å²) < 4.78 is 0. The largest absolute Gasteiger partial charge is 0.368 e. The Bertz CT molecular complexity index is 1200. The summed E-state index contributed by atoms with van der Waals surface area (Å²) in [5.74, 6) is 3.06. The Hall–Kier alpha value is -3.10. The number of hydrogen-bond acceptors (Lipinski definition) is 6. The lowest BCUT2D eigenvalue weighted by atomic mass is 10.0. The third-order valence-electron chi connectivity index (χ3n) is 7.03. The number of rotatable bonds is 6. The van der Waals surface area contributed by atoms with Crippen molar-refractivity contribution in [2.45, 2.75) is 26.3 Å². The van der Waals surface area contributed by atoms with E-state index < -0.39 is 0 Å². The first-order valence-electron chi connectivity index (χ1n) is 13.0. The third-order valence-corrected chi connectivity index (χ3v) is 7.64. The van der Waals surface area contributed by atoms with E-state index in [4.69, 9.17) is 33.8 Å². The van der Waals surface area contributed by atoms with Crippen LogP contribution in [0.1, 0.15) is 25.3 Å². The highest BCUT2D eigenvalue weighted by molar-refractivity contribution is 7.80. The Balaban J connectivity index is 1.31. The molecule has 37 heavy (non-hydrogen) atoms. The van der Waals surface area contributed by atoms with Crippen LogP contribution in [-0.2, 0) is 6.54 Å². The van der Waals surface area contributed by atoms with Crippen molar-refractivity contribution in [1.29, 1.82) is 0 Å². The molecule has 0 amide bonds. The average Bonchev–Trinajstić information content (AvgIpc) is 2.93. The van der Waals surface area contributed by atoms with Gasteiger partial charge in [0.2, 0.25) is 5.95 Å². The summed E-state index contributed by atoms with van der Waals surface area (Å²) in [7, 11) is 0. The first-order valence-corrected chi connectivity index (χ1v) is 13.8. The molecule has 1 atom stereocenters. The molecule has 0 spiro atoms. The molecule has 194 valence electrons. The molecule has 3 heterocycles. The van der Waals surface area contributed by atoms with Gasteiger partial charge < -0.3 is 25.3 Å². The molecule has 1 unspecified atom stereocenters. The van der Waals surface area contributed by atoms with Crippen molar-refractivity contribution >= 4 is 52.2 Å². The van der Waals surface area contributed by atoms with Gasteiger partial charge in [0.05, 0.1) is 0 Å². The number of nitrogens with one attached hydrogen (secondary N) is 2. The summed E-state index contributed by atoms with van der Waals surface area (Å²) in [6, 6.07) is 20.5. The molecule has 3 aromatic rings. The zero-order valence-electron chi connectivity index (χ0n) is 21.2. The van der Waals surface area contributed by atoms with Crippen molar-refractivity contribution in [2.24, 2.45) is 5.92 Å². The molecule has 2 N–H and O–H groups in total. The quantitative estimate of drug-likeness (QED) is 0.419. The molecular weight excluding hydrogens is 502 g/mol. The highest BCUT2D eigenvalue weighted by Gasteiger charge is 2.23. The van der Waals surface area contributed by atoms with E-state index in [1.54, 1.807) is 0 Å². The lowest BCUT2D eigenvalue weighted by Gasteiger charge is -2.37. The Morgan fingerprint density at radius 1 is 0.919 bits per heavy atom. The van der Waals surface area contributed by atoms with Gasteiger partial charge in [-0.3, -0.25) is 0 Å². The van der Waals surface area contributed by atoms with Crippen LogP contribution in [0.25, 0.3) is 0 Å². The molecule has 0 radical (unpaired) electrons. The molecule has 2 saturated heterocycles. The number of thiocarbonyl (C=S) groups is 1. The van der Waals surface area contributed by atoms with E-state index >= 15 is 0 Å². The number of piperazine rings is 1. The fraction of sp³-hybridized carbons (Fsp3) is 0.393. The van der Waals surface area contributed by atoms with Crippen LogP contribution in [-0.4, -0.2) is 54.3 Å². The SMILES string of the molecule is CC1CCCN(c2cc(N3CCN(c4ccccc4)CC3)nc(NC(=S)NCc3ccccc3Cl)n2)C1. The molecule has 1 aromatic heterocycles. The standard InChI is InChI=1S/C28H34ClN7S/c1-21-8-7-13-36(20-21)26-18-25(35-16-14-34(15-17-35)23-10-3-2-4-11-23)31-27(32-26)33-28(37)30-19-22-9-5-6-12-24(22)29/h2-6,9-12,18,21H,7-8,13-17,19-20H2,1H3,(H2,30,31,32,33,37). The van der Waals surface area contributed by atoms with Gasteiger partial charge in [-0.15, -0.1) is 0 Å². The summed E-state index contributed by atoms with van der Waals surface area (Å²) in [5.41, 5.74) is 2.26. The van der Waals surface area contributed by atoms with Gasteiger partial charge in [0.25, 0.3) is 0 Å². The molecule has 9 heteroatoms. The highest BCUT2D eigenvalue weighted by atomic mass is 35.5. The van der Waals surface area contributed by atoms with Crippen LogP contribution in [0.15, 0.2) is 60.7 Å². The Kier molecular flexibility index (Phi) is 8.26. The highest BCUT2D eigenvalue weighted by Crippen LogP contribution is 2.27. The topological polar surface area (TPSA) is 59.6 Å². The number of piperidine rings is 1. The van der Waals surface area contributed by atoms with Crippen LogP contribution in [0.2, 0.25) is 5.02 Å². The van der Waals surface area contributed by atoms with E-state index in [9.17, 15) is 0 Å². The number of hydrogen-bond donors (Lipinski definition) is 2. The second kappa shape index (κ2) is 12.0. The monoisotopic (exact) mass is 535 g/mol. The maximum absolute atomic E-state index is 6.30. The van der Waals surface area contributed by atoms with E-state index in [0.717, 1.165) is 56.5 Å². The maximum atomic E-state index is 6.30. The van der Waals surface area contributed by atoms with E-state index in [1.807, 2.05) is 24.3 Å². The summed E-state index contributed by atoms with van der Waals surface area (Å²) in [4.78, 5) is 16.9. The molecule has 0 aliphatic carbocycles. The number of halogens is 1. The Morgan fingerprint density at radius 2 is 1.59 bits per heavy atom. The minimum atomic E-state index is 0.476. The van der Waals surface area contributed by atoms with Crippen LogP contribution in [0.3, 0.4) is 0 Å². The third kappa shape index (κ3) is 6.62. The molecule has 0 saturated carbocycles. The van der Waals surface area contributed by atoms with Gasteiger partial charge in [-0.25, -0.2) is 0 Å². The van der Waals surface area contributed by atoms with E-state index in [-0.39, 0.29) is 0 Å². The molecule has 2 aliphatic heterocycles. The van der Waals surface area contributed by atoms with Crippen molar-refractivity contribution in [2.75, 3.05) is 59.3 Å². The first-order chi connectivity index (χ1) is 18.0. The molecule has 2 aromatic carbocycles. The Morgan fingerprint density at radius 3 is 2.32 bits per heavy atom. The average molecular weight is 536 g/mol. The summed E-state index contributed by atoms with van der Waals surface area (Å²) in [6.45, 7) is 8.55. The lowest BCUT2D eigenvalue weighted by molar-refractivity contribution is 0.444. The fourth-order valence-electron chi connectivity index (χ4n) is 4.99. The van der Waals surface area contributed by atoms with Crippen LogP contribution in [0, 0.1) is 5.92 Å². The fourth-order valence-corrected chi connectivity index (χ4v) is 5.36. The predicted octanol–water partition coefficient (Wildman–Crippen LogP) is 5.18. The number of nitrogens with zero attached hydrogens (tertiary/aromatic N) is 5. The van der Waals surface area contributed by atoms with Crippen molar-refractivity contribution in [1.82, 2.24) is 15.3 Å². The minimum Gasteiger partial charge on any atom is -0.368 e. The molecule has 0 bridgehead atoms. The van der Waals surface area contributed by atoms with Gasteiger partial charge in [-0.2, -0.15) is 9.97 Å². The van der Waals surface area contributed by atoms with Gasteiger partial charge in [0, 0.05) is 62.6 Å². The van der Waals surface area contributed by atoms with Gasteiger partial charge in [0.15, 0.2) is 5.11 Å². The van der Waals surface area contributed by atoms with Crippen molar-refractivity contribution in [3.63, 3.8) is 0 Å². The minimum absolute atomic E-state index is 0.476. The van der Waals surface area contributed by atoms with E-state index in [0.29, 0.717) is 28.5 Å². The predicted molar refractivity (Wildman–Crippen MR) is 158 cm³/mol. The second-order valence-electron chi connectivity index (χ2n) is 9.81. The van der Waals surface area contributed by atoms with Gasteiger partial charge in [-0.1, -0.05) is 54.9 Å². The zero-order chi connectivity index (χ0) is 25.6. The normalized spacial score (nSPS) is 18.0. The number of anilines is 4. The van der Waals surface area contributed by atoms with Gasteiger partial charge in [0.1, 0.15) is 11.6 Å². The smallest absolute Gasteiger partial charge is 0.232 e.